The third-order valence-corrected chi connectivity index (χ3v) is 4.73. The molecule has 0 spiro atoms. The van der Waals surface area contributed by atoms with Crippen LogP contribution in [0.25, 0.3) is 0 Å². The van der Waals surface area contributed by atoms with Crippen LogP contribution < -0.4 is 29.9 Å². The highest BCUT2D eigenvalue weighted by molar-refractivity contribution is 5.89. The zero-order chi connectivity index (χ0) is 20.2. The lowest BCUT2D eigenvalue weighted by atomic mass is 10.1. The van der Waals surface area contributed by atoms with Gasteiger partial charge >= 0.3 is 6.03 Å². The van der Waals surface area contributed by atoms with Crippen LogP contribution in [0.15, 0.2) is 18.2 Å². The van der Waals surface area contributed by atoms with Gasteiger partial charge in [-0.1, -0.05) is 0 Å². The second-order valence-corrected chi connectivity index (χ2v) is 7.17. The smallest absolute Gasteiger partial charge is 0.319 e. The number of carbonyl (C=O) groups is 1. The van der Waals surface area contributed by atoms with Gasteiger partial charge < -0.3 is 29.9 Å². The molecule has 0 saturated carbocycles. The number of hydrogen-bond donors (Lipinski definition) is 2. The van der Waals surface area contributed by atoms with Crippen molar-refractivity contribution in [1.29, 1.82) is 0 Å². The van der Waals surface area contributed by atoms with Gasteiger partial charge in [0.2, 0.25) is 18.7 Å². The predicted octanol–water partition coefficient (Wildman–Crippen LogP) is 1.98. The van der Waals surface area contributed by atoms with Gasteiger partial charge in [-0.2, -0.15) is 15.0 Å². The second-order valence-electron chi connectivity index (χ2n) is 7.17. The van der Waals surface area contributed by atoms with E-state index in [2.05, 4.69) is 30.5 Å². The minimum atomic E-state index is -0.352. The molecule has 3 heterocycles. The Morgan fingerprint density at radius 3 is 2.69 bits per heavy atom. The maximum atomic E-state index is 12.3. The van der Waals surface area contributed by atoms with E-state index in [0.29, 0.717) is 34.9 Å². The summed E-state index contributed by atoms with van der Waals surface area (Å²) in [4.78, 5) is 29.9. The Kier molecular flexibility index (Phi) is 5.50. The van der Waals surface area contributed by atoms with E-state index >= 15 is 0 Å². The normalized spacial score (nSPS) is 15.2. The zero-order valence-electron chi connectivity index (χ0n) is 16.6. The Bertz CT molecular complexity index is 884. The molecule has 1 aromatic heterocycles. The summed E-state index contributed by atoms with van der Waals surface area (Å²) in [5, 5.41) is 5.58. The maximum absolute atomic E-state index is 12.3. The van der Waals surface area contributed by atoms with Crippen molar-refractivity contribution in [3.8, 4) is 11.5 Å². The Hall–Kier alpha value is -3.30. The number of amides is 2. The number of anilines is 3. The van der Waals surface area contributed by atoms with Crippen molar-refractivity contribution in [3.63, 3.8) is 0 Å². The molecular formula is C19H25N7O3. The van der Waals surface area contributed by atoms with Crippen molar-refractivity contribution in [2.24, 2.45) is 0 Å². The van der Waals surface area contributed by atoms with Gasteiger partial charge in [-0.05, 0) is 31.4 Å². The van der Waals surface area contributed by atoms with E-state index in [1.54, 1.807) is 18.2 Å². The number of ether oxygens (including phenoxy) is 2. The molecule has 0 aliphatic carbocycles. The summed E-state index contributed by atoms with van der Waals surface area (Å²) in [6.45, 7) is 2.27. The fraction of sp³-hybridized carbons (Fsp3) is 0.474. The minimum absolute atomic E-state index is 0.192. The van der Waals surface area contributed by atoms with Gasteiger partial charge in [0.25, 0.3) is 0 Å². The number of fused-ring (bicyclic) bond motifs is 1. The summed E-state index contributed by atoms with van der Waals surface area (Å²) in [6.07, 6.45) is 3.50. The summed E-state index contributed by atoms with van der Waals surface area (Å²) in [6, 6.07) is 4.89. The van der Waals surface area contributed by atoms with E-state index in [4.69, 9.17) is 9.47 Å². The predicted molar refractivity (Wildman–Crippen MR) is 109 cm³/mol. The van der Waals surface area contributed by atoms with E-state index < -0.39 is 0 Å². The highest BCUT2D eigenvalue weighted by Crippen LogP contribution is 2.34. The lowest BCUT2D eigenvalue weighted by Crippen LogP contribution is -2.33. The lowest BCUT2D eigenvalue weighted by Gasteiger charge is -2.27. The van der Waals surface area contributed by atoms with E-state index in [1.165, 1.54) is 6.42 Å². The fourth-order valence-electron chi connectivity index (χ4n) is 3.22. The molecule has 1 aromatic carbocycles. The number of nitrogens with one attached hydrogen (secondary N) is 2. The number of urea groups is 1. The molecule has 2 aliphatic heterocycles. The Labute approximate surface area is 169 Å². The summed E-state index contributed by atoms with van der Waals surface area (Å²) in [7, 11) is 3.78. The van der Waals surface area contributed by atoms with Crippen LogP contribution in [0.3, 0.4) is 0 Å². The number of nitrogens with zero attached hydrogens (tertiary/aromatic N) is 5. The van der Waals surface area contributed by atoms with Crippen molar-refractivity contribution in [2.75, 3.05) is 49.1 Å². The molecule has 2 N–H and O–H groups in total. The quantitative estimate of drug-likeness (QED) is 0.786. The Morgan fingerprint density at radius 2 is 1.90 bits per heavy atom. The van der Waals surface area contributed by atoms with Crippen LogP contribution in [-0.4, -0.2) is 55.0 Å². The number of hydrogen-bond acceptors (Lipinski definition) is 8. The average molecular weight is 399 g/mol. The summed E-state index contributed by atoms with van der Waals surface area (Å²) in [5.41, 5.74) is 0.616. The van der Waals surface area contributed by atoms with E-state index in [0.717, 1.165) is 25.9 Å². The highest BCUT2D eigenvalue weighted by Gasteiger charge is 2.18. The van der Waals surface area contributed by atoms with Crippen LogP contribution in [0.2, 0.25) is 0 Å². The number of carbonyl (C=O) groups excluding carboxylic acids is 1. The number of aromatic nitrogens is 3. The van der Waals surface area contributed by atoms with Crippen molar-refractivity contribution >= 4 is 23.6 Å². The molecule has 2 aliphatic rings. The Balaban J connectivity index is 1.41. The molecule has 1 saturated heterocycles. The number of piperidine rings is 1. The van der Waals surface area contributed by atoms with Gasteiger partial charge in [0.1, 0.15) is 0 Å². The van der Waals surface area contributed by atoms with Crippen LogP contribution in [-0.2, 0) is 6.54 Å². The summed E-state index contributed by atoms with van der Waals surface area (Å²) < 4.78 is 10.6. The lowest BCUT2D eigenvalue weighted by molar-refractivity contribution is 0.174. The van der Waals surface area contributed by atoms with E-state index in [9.17, 15) is 4.79 Å². The number of benzene rings is 1. The molecular weight excluding hydrogens is 374 g/mol. The third kappa shape index (κ3) is 4.58. The molecule has 1 fully saturated rings. The number of rotatable bonds is 5. The average Bonchev–Trinajstić information content (AvgIpc) is 3.20. The summed E-state index contributed by atoms with van der Waals surface area (Å²) >= 11 is 0. The first kappa shape index (κ1) is 19.0. The molecule has 0 unspecified atom stereocenters. The van der Waals surface area contributed by atoms with Crippen LogP contribution in [0, 0.1) is 0 Å². The largest absolute Gasteiger partial charge is 0.454 e. The zero-order valence-corrected chi connectivity index (χ0v) is 16.6. The Morgan fingerprint density at radius 1 is 1.10 bits per heavy atom. The van der Waals surface area contributed by atoms with Crippen molar-refractivity contribution in [3.05, 3.63) is 24.0 Å². The molecule has 2 amide bonds. The molecule has 10 heteroatoms. The molecule has 4 rings (SSSR count). The van der Waals surface area contributed by atoms with Crippen molar-refractivity contribution in [1.82, 2.24) is 20.3 Å². The SMILES string of the molecule is CN(C)c1nc(CNC(=O)Nc2ccc3c(c2)OCO3)nc(N2CCCCC2)n1. The van der Waals surface area contributed by atoms with E-state index in [1.807, 2.05) is 19.0 Å². The standard InChI is InChI=1S/C19H25N7O3/c1-25(2)17-22-16(23-18(24-17)26-8-4-3-5-9-26)11-20-19(27)21-13-6-7-14-15(10-13)29-12-28-14/h6-7,10H,3-5,8-9,11-12H2,1-2H3,(H2,20,21,27). The molecule has 0 radical (unpaired) electrons. The first-order valence-corrected chi connectivity index (χ1v) is 9.70. The molecule has 29 heavy (non-hydrogen) atoms. The van der Waals surface area contributed by atoms with Crippen LogP contribution in [0.4, 0.5) is 22.4 Å². The fourth-order valence-corrected chi connectivity index (χ4v) is 3.22. The highest BCUT2D eigenvalue weighted by atomic mass is 16.7. The third-order valence-electron chi connectivity index (χ3n) is 4.73. The van der Waals surface area contributed by atoms with Crippen LogP contribution in [0.5, 0.6) is 11.5 Å². The molecule has 0 atom stereocenters. The maximum Gasteiger partial charge on any atom is 0.319 e. The van der Waals surface area contributed by atoms with Gasteiger partial charge in [-0.3, -0.25) is 0 Å². The van der Waals surface area contributed by atoms with Gasteiger partial charge in [0.15, 0.2) is 17.3 Å². The monoisotopic (exact) mass is 399 g/mol. The van der Waals surface area contributed by atoms with Crippen LogP contribution in [0.1, 0.15) is 25.1 Å². The van der Waals surface area contributed by atoms with Crippen LogP contribution >= 0.6 is 0 Å². The van der Waals surface area contributed by atoms with E-state index in [-0.39, 0.29) is 19.4 Å². The first-order chi connectivity index (χ1) is 14.1. The minimum Gasteiger partial charge on any atom is -0.454 e. The molecule has 2 aromatic rings. The van der Waals surface area contributed by atoms with Gasteiger partial charge in [0.05, 0.1) is 6.54 Å². The van der Waals surface area contributed by atoms with Crippen molar-refractivity contribution < 1.29 is 14.3 Å². The van der Waals surface area contributed by atoms with Gasteiger partial charge in [0, 0.05) is 38.9 Å². The first-order valence-electron chi connectivity index (χ1n) is 9.70. The second kappa shape index (κ2) is 8.38. The molecule has 0 bridgehead atoms. The van der Waals surface area contributed by atoms with Gasteiger partial charge in [-0.25, -0.2) is 4.79 Å². The molecule has 10 nitrogen and oxygen atoms in total. The van der Waals surface area contributed by atoms with Crippen molar-refractivity contribution in [2.45, 2.75) is 25.8 Å². The summed E-state index contributed by atoms with van der Waals surface area (Å²) in [5.74, 6) is 3.04. The molecule has 154 valence electrons. The topological polar surface area (TPSA) is 105 Å². The van der Waals surface area contributed by atoms with Gasteiger partial charge in [-0.15, -0.1) is 0 Å².